The van der Waals surface area contributed by atoms with Crippen LogP contribution in [0.3, 0.4) is 0 Å². The fourth-order valence-corrected chi connectivity index (χ4v) is 10.8. The molecule has 2 atom stereocenters. The van der Waals surface area contributed by atoms with E-state index in [9.17, 15) is 0 Å². The van der Waals surface area contributed by atoms with E-state index in [0.717, 1.165) is 13.0 Å². The summed E-state index contributed by atoms with van der Waals surface area (Å²) in [6, 6.07) is 61.1. The van der Waals surface area contributed by atoms with Crippen LogP contribution < -0.4 is 4.90 Å². The third-order valence-electron chi connectivity index (χ3n) is 11.5. The molecule has 7 aromatic carbocycles. The van der Waals surface area contributed by atoms with E-state index in [4.69, 9.17) is 0 Å². The van der Waals surface area contributed by atoms with Crippen LogP contribution in [0.4, 0.5) is 11.4 Å². The van der Waals surface area contributed by atoms with Crippen molar-refractivity contribution in [1.82, 2.24) is 0 Å². The Kier molecular flexibility index (Phi) is 8.27. The number of hydrogen-bond acceptors (Lipinski definition) is 3. The summed E-state index contributed by atoms with van der Waals surface area (Å²) in [5, 5.41) is 5.35. The zero-order valence-corrected chi connectivity index (χ0v) is 31.8. The molecule has 0 aliphatic heterocycles. The van der Waals surface area contributed by atoms with E-state index in [2.05, 4.69) is 200 Å². The first kappa shape index (κ1) is 32.9. The first-order valence-electron chi connectivity index (χ1n) is 18.8. The molecule has 0 spiro atoms. The fraction of sp³-hybridized carbons (Fsp3) is 0.0980. The second-order valence-electron chi connectivity index (χ2n) is 14.6. The van der Waals surface area contributed by atoms with Crippen molar-refractivity contribution in [1.29, 1.82) is 0 Å². The van der Waals surface area contributed by atoms with Crippen LogP contribution in [0.25, 0.3) is 40.3 Å². The van der Waals surface area contributed by atoms with Crippen LogP contribution in [0.5, 0.6) is 0 Å². The number of para-hydroxylation sites is 2. The molecular weight excluding hydrogens is 691 g/mol. The number of rotatable bonds is 8. The molecule has 0 saturated heterocycles. The minimum Gasteiger partial charge on any atom is -0.337 e. The second kappa shape index (κ2) is 13.6. The number of thiophene rings is 2. The molecule has 10 rings (SSSR count). The molecule has 0 amide bonds. The predicted octanol–water partition coefficient (Wildman–Crippen LogP) is 14.7. The van der Waals surface area contributed by atoms with Crippen molar-refractivity contribution in [3.05, 3.63) is 216 Å². The van der Waals surface area contributed by atoms with Gasteiger partial charge in [0.15, 0.2) is 0 Å². The molecule has 1 nitrogen and oxygen atoms in total. The van der Waals surface area contributed by atoms with Gasteiger partial charge >= 0.3 is 0 Å². The highest BCUT2D eigenvalue weighted by Crippen LogP contribution is 2.46. The average Bonchev–Trinajstić information content (AvgIpc) is 3.81. The van der Waals surface area contributed by atoms with Crippen LogP contribution in [-0.2, 0) is 12.0 Å². The van der Waals surface area contributed by atoms with E-state index in [0.29, 0.717) is 5.92 Å². The van der Waals surface area contributed by atoms with Gasteiger partial charge in [-0.15, -0.1) is 22.7 Å². The molecule has 2 unspecified atom stereocenters. The minimum atomic E-state index is -0.386. The third kappa shape index (κ3) is 5.67. The summed E-state index contributed by atoms with van der Waals surface area (Å²) in [6.07, 6.45) is 9.98. The molecule has 2 heterocycles. The molecule has 0 N–H and O–H groups in total. The molecule has 2 aromatic heterocycles. The Bertz CT molecular complexity index is 2800. The maximum Gasteiger partial charge on any atom is 0.0488 e. The highest BCUT2D eigenvalue weighted by molar-refractivity contribution is 7.26. The smallest absolute Gasteiger partial charge is 0.0488 e. The van der Waals surface area contributed by atoms with E-state index >= 15 is 0 Å². The van der Waals surface area contributed by atoms with Gasteiger partial charge in [0.25, 0.3) is 0 Å². The highest BCUT2D eigenvalue weighted by Gasteiger charge is 2.33. The molecule has 0 bridgehead atoms. The Morgan fingerprint density at radius 1 is 0.537 bits per heavy atom. The van der Waals surface area contributed by atoms with Crippen molar-refractivity contribution in [3.8, 4) is 0 Å². The number of hydrogen-bond donors (Lipinski definition) is 0. The Morgan fingerprint density at radius 3 is 1.93 bits per heavy atom. The second-order valence-corrected chi connectivity index (χ2v) is 16.7. The molecule has 0 saturated carbocycles. The van der Waals surface area contributed by atoms with Crippen molar-refractivity contribution in [2.24, 2.45) is 0 Å². The lowest BCUT2D eigenvalue weighted by atomic mass is 9.70. The monoisotopic (exact) mass is 729 g/mol. The Hall–Kier alpha value is -5.74. The number of allylic oxidation sites excluding steroid dienone is 4. The summed E-state index contributed by atoms with van der Waals surface area (Å²) >= 11 is 3.79. The quantitative estimate of drug-likeness (QED) is 0.141. The Morgan fingerprint density at radius 2 is 1.17 bits per heavy atom. The molecule has 260 valence electrons. The molecule has 9 aromatic rings. The van der Waals surface area contributed by atoms with Gasteiger partial charge in [0.1, 0.15) is 0 Å². The van der Waals surface area contributed by atoms with Gasteiger partial charge in [-0.1, -0.05) is 133 Å². The lowest BCUT2D eigenvalue weighted by Gasteiger charge is -2.32. The molecule has 1 aliphatic carbocycles. The number of nitrogens with zero attached hydrogens (tertiary/aromatic N) is 1. The van der Waals surface area contributed by atoms with E-state index in [1.807, 2.05) is 22.7 Å². The molecule has 0 fully saturated rings. The molecule has 3 heteroatoms. The maximum absolute atomic E-state index is 2.50. The summed E-state index contributed by atoms with van der Waals surface area (Å²) in [4.78, 5) is 2.44. The number of benzene rings is 7. The SMILES string of the molecule is CC(c1ccc(C2C=CC=CC2)cc1)(c1ccc2c(c1)sc1ccccc12)c1ccc2sc3cccc(CN(c4ccccc4)c4ccccc4)c3c2c1. The van der Waals surface area contributed by atoms with Gasteiger partial charge in [0.2, 0.25) is 0 Å². The largest absolute Gasteiger partial charge is 0.337 e. The van der Waals surface area contributed by atoms with Gasteiger partial charge in [0, 0.05) is 69.6 Å². The van der Waals surface area contributed by atoms with Gasteiger partial charge in [-0.2, -0.15) is 0 Å². The predicted molar refractivity (Wildman–Crippen MR) is 235 cm³/mol. The standard InChI is InChI=1S/C51H39NS2/c1-51(38-26-24-36(25-27-38)35-14-5-2-6-15-35,40-28-30-44-43-21-11-12-22-46(43)54-49(44)33-40)39-29-31-47-45(32-39)50-37(16-13-23-48(50)53-47)34-52(41-17-7-3-8-18-41)42-19-9-4-10-20-42/h2-14,16-33,35H,15,34H2,1H3. The number of anilines is 2. The first-order valence-corrected chi connectivity index (χ1v) is 20.4. The highest BCUT2D eigenvalue weighted by atomic mass is 32.1. The summed E-state index contributed by atoms with van der Waals surface area (Å²) in [5.41, 5.74) is 8.61. The summed E-state index contributed by atoms with van der Waals surface area (Å²) in [5.74, 6) is 0.420. The normalized spacial score (nSPS) is 15.3. The molecule has 1 aliphatic rings. The lowest BCUT2D eigenvalue weighted by molar-refractivity contribution is 0.693. The van der Waals surface area contributed by atoms with E-state index in [1.54, 1.807) is 0 Å². The minimum absolute atomic E-state index is 0.386. The maximum atomic E-state index is 2.50. The summed E-state index contributed by atoms with van der Waals surface area (Å²) in [6.45, 7) is 3.20. The van der Waals surface area contributed by atoms with E-state index < -0.39 is 0 Å². The third-order valence-corrected chi connectivity index (χ3v) is 13.7. The van der Waals surface area contributed by atoms with Crippen LogP contribution in [0, 0.1) is 0 Å². The van der Waals surface area contributed by atoms with Crippen LogP contribution >= 0.6 is 22.7 Å². The van der Waals surface area contributed by atoms with Crippen LogP contribution in [-0.4, -0.2) is 0 Å². The topological polar surface area (TPSA) is 3.24 Å². The molecular formula is C51H39NS2. The first-order chi connectivity index (χ1) is 26.6. The molecule has 0 radical (unpaired) electrons. The fourth-order valence-electron chi connectivity index (χ4n) is 8.49. The van der Waals surface area contributed by atoms with E-state index in [1.165, 1.54) is 79.5 Å². The van der Waals surface area contributed by atoms with Gasteiger partial charge in [-0.25, -0.2) is 0 Å². The van der Waals surface area contributed by atoms with Gasteiger partial charge in [-0.05, 0) is 95.8 Å². The van der Waals surface area contributed by atoms with Crippen LogP contribution in [0.1, 0.15) is 47.1 Å². The van der Waals surface area contributed by atoms with Gasteiger partial charge in [0.05, 0.1) is 0 Å². The van der Waals surface area contributed by atoms with Gasteiger partial charge in [-0.3, -0.25) is 0 Å². The molecule has 54 heavy (non-hydrogen) atoms. The van der Waals surface area contributed by atoms with Crippen molar-refractivity contribution in [2.45, 2.75) is 31.2 Å². The zero-order chi connectivity index (χ0) is 36.1. The zero-order valence-electron chi connectivity index (χ0n) is 30.2. The Labute approximate surface area is 324 Å². The van der Waals surface area contributed by atoms with Crippen molar-refractivity contribution in [3.63, 3.8) is 0 Å². The van der Waals surface area contributed by atoms with Crippen molar-refractivity contribution < 1.29 is 0 Å². The Balaban J connectivity index is 1.14. The summed E-state index contributed by atoms with van der Waals surface area (Å²) < 4.78 is 5.32. The summed E-state index contributed by atoms with van der Waals surface area (Å²) in [7, 11) is 0. The van der Waals surface area contributed by atoms with Crippen LogP contribution in [0.15, 0.2) is 188 Å². The average molecular weight is 730 g/mol. The van der Waals surface area contributed by atoms with Crippen molar-refractivity contribution >= 4 is 74.4 Å². The lowest BCUT2D eigenvalue weighted by Crippen LogP contribution is -2.25. The van der Waals surface area contributed by atoms with E-state index in [-0.39, 0.29) is 5.41 Å². The van der Waals surface area contributed by atoms with Crippen LogP contribution in [0.2, 0.25) is 0 Å². The van der Waals surface area contributed by atoms with Gasteiger partial charge < -0.3 is 4.90 Å². The van der Waals surface area contributed by atoms with Crippen molar-refractivity contribution in [2.75, 3.05) is 4.90 Å². The number of fused-ring (bicyclic) bond motifs is 6.